The van der Waals surface area contributed by atoms with Gasteiger partial charge in [0, 0.05) is 25.9 Å². The number of rotatable bonds is 3. The molecule has 2 heterocycles. The summed E-state index contributed by atoms with van der Waals surface area (Å²) in [5.41, 5.74) is 0. The van der Waals surface area contributed by atoms with Crippen LogP contribution in [0.4, 0.5) is 0 Å². The fourth-order valence-corrected chi connectivity index (χ4v) is 4.26. The predicted molar refractivity (Wildman–Crippen MR) is 55.2 cm³/mol. The van der Waals surface area contributed by atoms with Gasteiger partial charge in [0.25, 0.3) is 0 Å². The number of hydrogen-bond donors (Lipinski definition) is 1. The molecular weight excluding hydrogens is 248 g/mol. The molecule has 2 aliphatic heterocycles. The molecule has 98 valence electrons. The number of carbonyl (C=O) groups excluding carboxylic acids is 1. The van der Waals surface area contributed by atoms with Crippen LogP contribution in [0, 0.1) is 0 Å². The lowest BCUT2D eigenvalue weighted by atomic mass is 10.2. The van der Waals surface area contributed by atoms with E-state index in [9.17, 15) is 18.3 Å². The van der Waals surface area contributed by atoms with Crippen LogP contribution in [-0.2, 0) is 19.7 Å². The van der Waals surface area contributed by atoms with Crippen LogP contribution in [-0.4, -0.2) is 57.6 Å². The first kappa shape index (κ1) is 12.7. The Morgan fingerprint density at radius 2 is 2.00 bits per heavy atom. The number of carbonyl (C=O) groups is 1. The summed E-state index contributed by atoms with van der Waals surface area (Å²) in [4.78, 5) is 10.9. The lowest BCUT2D eigenvalue weighted by Gasteiger charge is -2.30. The van der Waals surface area contributed by atoms with E-state index in [-0.39, 0.29) is 4.31 Å². The highest BCUT2D eigenvalue weighted by atomic mass is 32.2. The molecule has 0 bridgehead atoms. The van der Waals surface area contributed by atoms with Gasteiger partial charge in [0.15, 0.2) is 0 Å². The van der Waals surface area contributed by atoms with Crippen molar-refractivity contribution in [3.05, 3.63) is 0 Å². The van der Waals surface area contributed by atoms with Gasteiger partial charge in [-0.2, -0.15) is 12.7 Å². The molecule has 8 heteroatoms. The molecule has 2 atom stereocenters. The molecule has 2 aliphatic rings. The van der Waals surface area contributed by atoms with Crippen LogP contribution in [0.5, 0.6) is 0 Å². The number of nitrogens with zero attached hydrogens (tertiary/aromatic N) is 1. The molecule has 0 aromatic rings. The molecule has 17 heavy (non-hydrogen) atoms. The van der Waals surface area contributed by atoms with Crippen molar-refractivity contribution < 1.29 is 27.4 Å². The van der Waals surface area contributed by atoms with Crippen LogP contribution >= 0.6 is 0 Å². The van der Waals surface area contributed by atoms with Gasteiger partial charge in [-0.1, -0.05) is 0 Å². The molecule has 0 saturated carbocycles. The summed E-state index contributed by atoms with van der Waals surface area (Å²) < 4.78 is 31.0. The van der Waals surface area contributed by atoms with Gasteiger partial charge in [-0.15, -0.1) is 0 Å². The standard InChI is InChI=1S/C9H16N2O5S/c12-9(13)8-2-1-3-11(8)17(14,15)10-4-6-16-7-5-10/h8H,1-7H2,(H,12,13)/t8-/m1/s1. The average Bonchev–Trinajstić information content (AvgIpc) is 2.80. The minimum atomic E-state index is -3.61. The van der Waals surface area contributed by atoms with Crippen LogP contribution in [0.2, 0.25) is 0 Å². The van der Waals surface area contributed by atoms with Gasteiger partial charge < -0.3 is 14.6 Å². The fourth-order valence-electron chi connectivity index (χ4n) is 2.33. The molecular formula is C9H16N2O5S. The smallest absolute Gasteiger partial charge is 0.371 e. The maximum absolute atomic E-state index is 12.2. The van der Waals surface area contributed by atoms with Crippen LogP contribution < -0.4 is 9.41 Å². The number of nitrogens with one attached hydrogen (secondary N) is 1. The molecule has 0 aromatic heterocycles. The summed E-state index contributed by atoms with van der Waals surface area (Å²) in [6.45, 7) is 1.65. The molecule has 0 spiro atoms. The Hall–Kier alpha value is -0.700. The van der Waals surface area contributed by atoms with E-state index in [1.165, 1.54) is 4.31 Å². The SMILES string of the molecule is O=C([O-])[C@H]1CCC[NH+]1S(=O)(=O)N1CCOCC1. The van der Waals surface area contributed by atoms with Crippen molar-refractivity contribution in [2.24, 2.45) is 0 Å². The molecule has 7 nitrogen and oxygen atoms in total. The molecule has 0 aliphatic carbocycles. The summed E-state index contributed by atoms with van der Waals surface area (Å²) in [7, 11) is -3.61. The zero-order valence-electron chi connectivity index (χ0n) is 9.42. The highest BCUT2D eigenvalue weighted by Gasteiger charge is 2.43. The van der Waals surface area contributed by atoms with Crippen LogP contribution in [0.15, 0.2) is 0 Å². The Balaban J connectivity index is 2.16. The van der Waals surface area contributed by atoms with E-state index in [0.29, 0.717) is 45.7 Å². The largest absolute Gasteiger partial charge is 0.544 e. The van der Waals surface area contributed by atoms with Gasteiger partial charge in [-0.3, -0.25) is 0 Å². The Morgan fingerprint density at radius 1 is 1.35 bits per heavy atom. The maximum atomic E-state index is 12.2. The van der Waals surface area contributed by atoms with Crippen molar-refractivity contribution in [1.82, 2.24) is 4.31 Å². The fraction of sp³-hybridized carbons (Fsp3) is 0.889. The first-order valence-electron chi connectivity index (χ1n) is 5.68. The number of hydrogen-bond acceptors (Lipinski definition) is 5. The molecule has 2 saturated heterocycles. The third-order valence-corrected chi connectivity index (χ3v) is 5.43. The van der Waals surface area contributed by atoms with E-state index < -0.39 is 22.2 Å². The van der Waals surface area contributed by atoms with Crippen LogP contribution in [0.3, 0.4) is 0 Å². The van der Waals surface area contributed by atoms with E-state index in [4.69, 9.17) is 4.74 Å². The quantitative estimate of drug-likeness (QED) is 0.568. The number of morpholine rings is 1. The summed E-state index contributed by atoms with van der Waals surface area (Å²) in [5, 5.41) is 10.9. The molecule has 1 unspecified atom stereocenters. The minimum absolute atomic E-state index is 0.111. The van der Waals surface area contributed by atoms with Gasteiger partial charge in [0.1, 0.15) is 12.0 Å². The van der Waals surface area contributed by atoms with Crippen LogP contribution in [0.1, 0.15) is 12.8 Å². The summed E-state index contributed by atoms with van der Waals surface area (Å²) in [6.07, 6.45) is 0.957. The lowest BCUT2D eigenvalue weighted by Crippen LogP contribution is -3.18. The predicted octanol–water partition coefficient (Wildman–Crippen LogP) is -3.64. The van der Waals surface area contributed by atoms with Gasteiger partial charge in [0.05, 0.1) is 19.8 Å². The van der Waals surface area contributed by atoms with Gasteiger partial charge in [0.2, 0.25) is 0 Å². The second kappa shape index (κ2) is 4.89. The van der Waals surface area contributed by atoms with Crippen molar-refractivity contribution in [3.63, 3.8) is 0 Å². The summed E-state index contributed by atoms with van der Waals surface area (Å²) >= 11 is 0. The molecule has 0 radical (unpaired) electrons. The number of carboxylic acid groups (broad SMARTS) is 1. The van der Waals surface area contributed by atoms with Crippen molar-refractivity contribution in [3.8, 4) is 0 Å². The highest BCUT2D eigenvalue weighted by molar-refractivity contribution is 7.82. The second-order valence-electron chi connectivity index (χ2n) is 4.25. The van der Waals surface area contributed by atoms with Gasteiger partial charge >= 0.3 is 10.2 Å². The minimum Gasteiger partial charge on any atom is -0.544 e. The zero-order valence-corrected chi connectivity index (χ0v) is 10.2. The van der Waals surface area contributed by atoms with E-state index in [1.807, 2.05) is 0 Å². The third kappa shape index (κ3) is 2.44. The van der Waals surface area contributed by atoms with E-state index in [1.54, 1.807) is 0 Å². The van der Waals surface area contributed by atoms with Crippen molar-refractivity contribution >= 4 is 16.2 Å². The van der Waals surface area contributed by atoms with Crippen LogP contribution in [0.25, 0.3) is 0 Å². The molecule has 0 amide bonds. The third-order valence-electron chi connectivity index (χ3n) is 3.23. The van der Waals surface area contributed by atoms with Crippen molar-refractivity contribution in [2.45, 2.75) is 18.9 Å². The monoisotopic (exact) mass is 264 g/mol. The van der Waals surface area contributed by atoms with E-state index in [0.717, 1.165) is 0 Å². The lowest BCUT2D eigenvalue weighted by molar-refractivity contribution is -0.777. The van der Waals surface area contributed by atoms with E-state index in [2.05, 4.69) is 0 Å². The zero-order chi connectivity index (χ0) is 12.5. The van der Waals surface area contributed by atoms with Gasteiger partial charge in [-0.05, 0) is 0 Å². The normalized spacial score (nSPS) is 31.5. The molecule has 2 fully saturated rings. The molecule has 0 aromatic carbocycles. The highest BCUT2D eigenvalue weighted by Crippen LogP contribution is 2.06. The molecule has 2 rings (SSSR count). The Morgan fingerprint density at radius 3 is 2.59 bits per heavy atom. The first-order chi connectivity index (χ1) is 8.03. The Kier molecular flexibility index (Phi) is 3.67. The maximum Gasteiger partial charge on any atom is 0.371 e. The summed E-state index contributed by atoms with van der Waals surface area (Å²) in [5.74, 6) is -1.28. The first-order valence-corrected chi connectivity index (χ1v) is 7.12. The average molecular weight is 264 g/mol. The Labute approximate surface area is 100 Å². The topological polar surface area (TPSA) is 91.2 Å². The summed E-state index contributed by atoms with van der Waals surface area (Å²) in [6, 6.07) is -0.942. The second-order valence-corrected chi connectivity index (χ2v) is 6.24. The van der Waals surface area contributed by atoms with Gasteiger partial charge in [-0.25, -0.2) is 4.31 Å². The number of ether oxygens (including phenoxy) is 1. The van der Waals surface area contributed by atoms with E-state index >= 15 is 0 Å². The Bertz CT molecular complexity index is 390. The number of aliphatic carboxylic acids is 1. The van der Waals surface area contributed by atoms with Crippen molar-refractivity contribution in [2.75, 3.05) is 32.8 Å². The molecule has 1 N–H and O–H groups in total. The number of quaternary nitrogens is 1. The number of carboxylic acids is 1. The van der Waals surface area contributed by atoms with Crippen molar-refractivity contribution in [1.29, 1.82) is 0 Å².